The van der Waals surface area contributed by atoms with Gasteiger partial charge in [-0.15, -0.1) is 0 Å². The van der Waals surface area contributed by atoms with Crippen molar-refractivity contribution in [3.8, 4) is 0 Å². The SMILES string of the molecule is CCCN(CCC)C(=O)CCOC. The molecule has 0 atom stereocenters. The maximum Gasteiger partial charge on any atom is 0.224 e. The lowest BCUT2D eigenvalue weighted by Gasteiger charge is -2.21. The highest BCUT2D eigenvalue weighted by atomic mass is 16.5. The Morgan fingerprint density at radius 2 is 1.77 bits per heavy atom. The summed E-state index contributed by atoms with van der Waals surface area (Å²) in [6, 6.07) is 0. The van der Waals surface area contributed by atoms with Gasteiger partial charge in [0.25, 0.3) is 0 Å². The van der Waals surface area contributed by atoms with Crippen LogP contribution in [0, 0.1) is 0 Å². The Morgan fingerprint density at radius 1 is 1.23 bits per heavy atom. The van der Waals surface area contributed by atoms with Gasteiger partial charge in [-0.25, -0.2) is 0 Å². The van der Waals surface area contributed by atoms with E-state index in [9.17, 15) is 4.79 Å². The molecule has 0 bridgehead atoms. The number of ether oxygens (including phenoxy) is 1. The molecule has 0 aromatic rings. The van der Waals surface area contributed by atoms with Crippen LogP contribution in [-0.2, 0) is 9.53 Å². The van der Waals surface area contributed by atoms with E-state index in [0.29, 0.717) is 13.0 Å². The summed E-state index contributed by atoms with van der Waals surface area (Å²) in [7, 11) is 1.62. The minimum absolute atomic E-state index is 0.213. The number of amides is 1. The lowest BCUT2D eigenvalue weighted by atomic mass is 10.3. The second kappa shape index (κ2) is 8.05. The van der Waals surface area contributed by atoms with Crippen molar-refractivity contribution in [2.45, 2.75) is 33.1 Å². The fourth-order valence-corrected chi connectivity index (χ4v) is 1.25. The van der Waals surface area contributed by atoms with Gasteiger partial charge in [0.2, 0.25) is 5.91 Å². The molecule has 0 saturated carbocycles. The fourth-order valence-electron chi connectivity index (χ4n) is 1.25. The molecule has 78 valence electrons. The summed E-state index contributed by atoms with van der Waals surface area (Å²) in [5.41, 5.74) is 0. The summed E-state index contributed by atoms with van der Waals surface area (Å²) in [6.45, 7) is 6.45. The molecule has 0 saturated heterocycles. The second-order valence-corrected chi connectivity index (χ2v) is 3.12. The highest BCUT2D eigenvalue weighted by molar-refractivity contribution is 5.76. The van der Waals surface area contributed by atoms with Crippen LogP contribution in [0.2, 0.25) is 0 Å². The Hall–Kier alpha value is -0.570. The van der Waals surface area contributed by atoms with Gasteiger partial charge in [-0.3, -0.25) is 4.79 Å². The minimum atomic E-state index is 0.213. The number of carbonyl (C=O) groups excluding carboxylic acids is 1. The fraction of sp³-hybridized carbons (Fsp3) is 0.900. The lowest BCUT2D eigenvalue weighted by Crippen LogP contribution is -2.32. The molecule has 0 fully saturated rings. The number of methoxy groups -OCH3 is 1. The zero-order valence-corrected chi connectivity index (χ0v) is 9.01. The third-order valence-corrected chi connectivity index (χ3v) is 1.86. The zero-order valence-electron chi connectivity index (χ0n) is 9.01. The van der Waals surface area contributed by atoms with Crippen molar-refractivity contribution in [3.05, 3.63) is 0 Å². The molecule has 0 heterocycles. The van der Waals surface area contributed by atoms with Crippen molar-refractivity contribution in [1.29, 1.82) is 0 Å². The van der Waals surface area contributed by atoms with E-state index in [0.717, 1.165) is 25.9 Å². The van der Waals surface area contributed by atoms with E-state index in [1.165, 1.54) is 0 Å². The van der Waals surface area contributed by atoms with E-state index >= 15 is 0 Å². The molecule has 0 aliphatic heterocycles. The van der Waals surface area contributed by atoms with Crippen LogP contribution in [0.15, 0.2) is 0 Å². The van der Waals surface area contributed by atoms with Crippen molar-refractivity contribution in [3.63, 3.8) is 0 Å². The predicted octanol–water partition coefficient (Wildman–Crippen LogP) is 1.67. The first-order chi connectivity index (χ1) is 6.26. The molecular formula is C10H21NO2. The lowest BCUT2D eigenvalue weighted by molar-refractivity contribution is -0.132. The third-order valence-electron chi connectivity index (χ3n) is 1.86. The number of hydrogen-bond donors (Lipinski definition) is 0. The van der Waals surface area contributed by atoms with Gasteiger partial charge in [0.1, 0.15) is 0 Å². The van der Waals surface area contributed by atoms with Gasteiger partial charge in [-0.1, -0.05) is 13.8 Å². The molecule has 0 radical (unpaired) electrons. The van der Waals surface area contributed by atoms with E-state index in [2.05, 4.69) is 13.8 Å². The van der Waals surface area contributed by atoms with Crippen molar-refractivity contribution < 1.29 is 9.53 Å². The van der Waals surface area contributed by atoms with Crippen LogP contribution >= 0.6 is 0 Å². The molecule has 0 N–H and O–H groups in total. The molecule has 3 heteroatoms. The molecule has 13 heavy (non-hydrogen) atoms. The van der Waals surface area contributed by atoms with Crippen LogP contribution in [0.25, 0.3) is 0 Å². The highest BCUT2D eigenvalue weighted by Gasteiger charge is 2.10. The molecule has 0 aliphatic carbocycles. The second-order valence-electron chi connectivity index (χ2n) is 3.12. The van der Waals surface area contributed by atoms with Gasteiger partial charge >= 0.3 is 0 Å². The van der Waals surface area contributed by atoms with Gasteiger partial charge in [-0.2, -0.15) is 0 Å². The van der Waals surface area contributed by atoms with E-state index in [4.69, 9.17) is 4.74 Å². The molecule has 1 amide bonds. The third kappa shape index (κ3) is 5.64. The van der Waals surface area contributed by atoms with Crippen molar-refractivity contribution in [2.24, 2.45) is 0 Å². The van der Waals surface area contributed by atoms with Crippen molar-refractivity contribution in [1.82, 2.24) is 4.90 Å². The smallest absolute Gasteiger partial charge is 0.224 e. The largest absolute Gasteiger partial charge is 0.384 e. The molecule has 0 spiro atoms. The first-order valence-electron chi connectivity index (χ1n) is 5.02. The first kappa shape index (κ1) is 12.4. The van der Waals surface area contributed by atoms with Gasteiger partial charge < -0.3 is 9.64 Å². The zero-order chi connectivity index (χ0) is 10.1. The average molecular weight is 187 g/mol. The standard InChI is InChI=1S/C10H21NO2/c1-4-7-11(8-5-2)10(12)6-9-13-3/h4-9H2,1-3H3. The number of carbonyl (C=O) groups is 1. The van der Waals surface area contributed by atoms with Crippen LogP contribution in [0.4, 0.5) is 0 Å². The van der Waals surface area contributed by atoms with E-state index < -0.39 is 0 Å². The van der Waals surface area contributed by atoms with Crippen molar-refractivity contribution in [2.75, 3.05) is 26.8 Å². The Bertz CT molecular complexity index is 131. The maximum atomic E-state index is 11.5. The van der Waals surface area contributed by atoms with Gasteiger partial charge in [0, 0.05) is 20.2 Å². The number of hydrogen-bond acceptors (Lipinski definition) is 2. The van der Waals surface area contributed by atoms with E-state index in [1.807, 2.05) is 4.90 Å². The summed E-state index contributed by atoms with van der Waals surface area (Å²) in [4.78, 5) is 13.4. The quantitative estimate of drug-likeness (QED) is 0.607. The molecule has 0 unspecified atom stereocenters. The van der Waals surface area contributed by atoms with Crippen LogP contribution in [0.3, 0.4) is 0 Å². The van der Waals surface area contributed by atoms with Crippen LogP contribution in [0.5, 0.6) is 0 Å². The average Bonchev–Trinajstić information content (AvgIpc) is 2.14. The van der Waals surface area contributed by atoms with Crippen LogP contribution < -0.4 is 0 Å². The Morgan fingerprint density at radius 3 is 2.15 bits per heavy atom. The summed E-state index contributed by atoms with van der Waals surface area (Å²) in [5.74, 6) is 0.213. The minimum Gasteiger partial charge on any atom is -0.384 e. The normalized spacial score (nSPS) is 10.1. The summed E-state index contributed by atoms with van der Waals surface area (Å²) >= 11 is 0. The van der Waals surface area contributed by atoms with Gasteiger partial charge in [-0.05, 0) is 12.8 Å². The van der Waals surface area contributed by atoms with E-state index in [-0.39, 0.29) is 5.91 Å². The Labute approximate surface area is 81.1 Å². The molecule has 0 aromatic heterocycles. The molecule has 0 aromatic carbocycles. The van der Waals surface area contributed by atoms with Gasteiger partial charge in [0.05, 0.1) is 13.0 Å². The van der Waals surface area contributed by atoms with Crippen LogP contribution in [0.1, 0.15) is 33.1 Å². The Kier molecular flexibility index (Phi) is 7.69. The van der Waals surface area contributed by atoms with Gasteiger partial charge in [0.15, 0.2) is 0 Å². The van der Waals surface area contributed by atoms with Crippen molar-refractivity contribution >= 4 is 5.91 Å². The molecule has 3 nitrogen and oxygen atoms in total. The topological polar surface area (TPSA) is 29.5 Å². The summed E-state index contributed by atoms with van der Waals surface area (Å²) < 4.78 is 4.87. The Balaban J connectivity index is 3.80. The molecule has 0 aliphatic rings. The van der Waals surface area contributed by atoms with Crippen LogP contribution in [-0.4, -0.2) is 37.6 Å². The summed E-state index contributed by atoms with van der Waals surface area (Å²) in [5, 5.41) is 0. The molecule has 0 rings (SSSR count). The first-order valence-corrected chi connectivity index (χ1v) is 5.02. The number of rotatable bonds is 7. The number of nitrogens with zero attached hydrogens (tertiary/aromatic N) is 1. The highest BCUT2D eigenvalue weighted by Crippen LogP contribution is 1.98. The monoisotopic (exact) mass is 187 g/mol. The van der Waals surface area contributed by atoms with E-state index in [1.54, 1.807) is 7.11 Å². The maximum absolute atomic E-state index is 11.5. The molecular weight excluding hydrogens is 166 g/mol. The summed E-state index contributed by atoms with van der Waals surface area (Å²) in [6.07, 6.45) is 2.56. The predicted molar refractivity (Wildman–Crippen MR) is 53.7 cm³/mol.